The maximum atomic E-state index is 11.9. The molecule has 0 unspecified atom stereocenters. The molecule has 1 N–H and O–H groups in total. The number of hydrogen-bond donors (Lipinski definition) is 1. The van der Waals surface area contributed by atoms with Gasteiger partial charge in [0.05, 0.1) is 12.1 Å². The second-order valence-corrected chi connectivity index (χ2v) is 3.60. The minimum Gasteiger partial charge on any atom is -0.507 e. The molecule has 0 spiro atoms. The Hall–Kier alpha value is -2.37. The number of rotatable bonds is 2. The number of phenols is 1. The van der Waals surface area contributed by atoms with E-state index in [-0.39, 0.29) is 17.7 Å². The van der Waals surface area contributed by atoms with Crippen LogP contribution in [0.4, 0.5) is 0 Å². The number of aryl methyl sites for hydroxylation is 1. The lowest BCUT2D eigenvalue weighted by atomic mass is 10.2. The Kier molecular flexibility index (Phi) is 2.55. The molecule has 17 heavy (non-hydrogen) atoms. The van der Waals surface area contributed by atoms with Gasteiger partial charge >= 0.3 is 5.69 Å². The number of carbonyl (C=O) groups is 1. The van der Waals surface area contributed by atoms with E-state index in [1.807, 2.05) is 0 Å². The number of benzene rings is 1. The molecule has 1 aromatic heterocycles. The number of aldehydes is 1. The molecule has 0 aliphatic heterocycles. The molecule has 1 aromatic carbocycles. The Morgan fingerprint density at radius 1 is 1.35 bits per heavy atom. The van der Waals surface area contributed by atoms with Crippen LogP contribution in [0.2, 0.25) is 0 Å². The smallest absolute Gasteiger partial charge is 0.331 e. The highest BCUT2D eigenvalue weighted by molar-refractivity contribution is 5.84. The number of hydrogen-bond acceptors (Lipinski definition) is 4. The van der Waals surface area contributed by atoms with Crippen LogP contribution in [0.25, 0.3) is 10.9 Å². The second-order valence-electron chi connectivity index (χ2n) is 3.60. The summed E-state index contributed by atoms with van der Waals surface area (Å²) in [6.45, 7) is -0.324. The molecule has 0 aliphatic carbocycles. The molecule has 0 bridgehead atoms. The van der Waals surface area contributed by atoms with E-state index in [0.29, 0.717) is 11.8 Å². The number of nitrogens with zero attached hydrogens (tertiary/aromatic N) is 2. The summed E-state index contributed by atoms with van der Waals surface area (Å²) in [4.78, 5) is 34.2. The van der Waals surface area contributed by atoms with Crippen molar-refractivity contribution >= 4 is 17.2 Å². The van der Waals surface area contributed by atoms with Crippen molar-refractivity contribution in [3.8, 4) is 5.75 Å². The van der Waals surface area contributed by atoms with Gasteiger partial charge in [0.25, 0.3) is 5.56 Å². The predicted octanol–water partition coefficient (Wildman–Crippen LogP) is -0.395. The zero-order chi connectivity index (χ0) is 12.6. The van der Waals surface area contributed by atoms with Crippen molar-refractivity contribution < 1.29 is 9.90 Å². The van der Waals surface area contributed by atoms with Gasteiger partial charge in [-0.15, -0.1) is 0 Å². The molecule has 0 radical (unpaired) electrons. The molecule has 0 atom stereocenters. The SMILES string of the molecule is Cn1c(=O)n(CC=O)c(=O)c2c(O)cccc21. The molecule has 0 amide bonds. The van der Waals surface area contributed by atoms with Crippen LogP contribution < -0.4 is 11.2 Å². The van der Waals surface area contributed by atoms with E-state index in [0.717, 1.165) is 4.57 Å². The zero-order valence-electron chi connectivity index (χ0n) is 9.08. The number of phenolic OH excluding ortho intramolecular Hbond substituents is 1. The van der Waals surface area contributed by atoms with Crippen LogP contribution in [0.3, 0.4) is 0 Å². The normalized spacial score (nSPS) is 10.6. The topological polar surface area (TPSA) is 81.3 Å². The summed E-state index contributed by atoms with van der Waals surface area (Å²) < 4.78 is 2.01. The van der Waals surface area contributed by atoms with Gasteiger partial charge in [-0.1, -0.05) is 6.07 Å². The molecule has 0 saturated heterocycles. The second kappa shape index (κ2) is 3.89. The van der Waals surface area contributed by atoms with E-state index in [1.165, 1.54) is 17.7 Å². The fourth-order valence-corrected chi connectivity index (χ4v) is 1.77. The summed E-state index contributed by atoms with van der Waals surface area (Å²) in [7, 11) is 1.48. The lowest BCUT2D eigenvalue weighted by molar-refractivity contribution is -0.108. The summed E-state index contributed by atoms with van der Waals surface area (Å²) in [5, 5.41) is 9.68. The van der Waals surface area contributed by atoms with Crippen LogP contribution in [-0.2, 0) is 18.4 Å². The van der Waals surface area contributed by atoms with E-state index in [4.69, 9.17) is 0 Å². The molecule has 1 heterocycles. The van der Waals surface area contributed by atoms with E-state index >= 15 is 0 Å². The van der Waals surface area contributed by atoms with E-state index in [1.54, 1.807) is 12.1 Å². The Bertz CT molecular complexity index is 712. The van der Waals surface area contributed by atoms with Crippen molar-refractivity contribution in [1.82, 2.24) is 9.13 Å². The first-order chi connectivity index (χ1) is 8.07. The van der Waals surface area contributed by atoms with Gasteiger partial charge in [0.15, 0.2) is 0 Å². The fraction of sp³-hybridized carbons (Fsp3) is 0.182. The number of aromatic hydroxyl groups is 1. The third-order valence-electron chi connectivity index (χ3n) is 2.62. The molecular weight excluding hydrogens is 224 g/mol. The maximum absolute atomic E-state index is 11.9. The molecule has 0 fully saturated rings. The van der Waals surface area contributed by atoms with Crippen molar-refractivity contribution in [2.24, 2.45) is 7.05 Å². The Morgan fingerprint density at radius 3 is 2.71 bits per heavy atom. The number of carbonyl (C=O) groups excluding carboxylic acids is 1. The fourth-order valence-electron chi connectivity index (χ4n) is 1.77. The van der Waals surface area contributed by atoms with E-state index in [9.17, 15) is 19.5 Å². The third-order valence-corrected chi connectivity index (χ3v) is 2.62. The minimum absolute atomic E-state index is 0.0384. The molecule has 88 valence electrons. The highest BCUT2D eigenvalue weighted by Gasteiger charge is 2.12. The first kappa shape index (κ1) is 11.1. The average Bonchev–Trinajstić information content (AvgIpc) is 2.31. The molecular formula is C11H10N2O4. The Morgan fingerprint density at radius 2 is 2.06 bits per heavy atom. The highest BCUT2D eigenvalue weighted by Crippen LogP contribution is 2.18. The van der Waals surface area contributed by atoms with Crippen LogP contribution in [-0.4, -0.2) is 20.5 Å². The van der Waals surface area contributed by atoms with Crippen molar-refractivity contribution in [2.75, 3.05) is 0 Å². The quantitative estimate of drug-likeness (QED) is 0.717. The van der Waals surface area contributed by atoms with Gasteiger partial charge in [-0.05, 0) is 12.1 Å². The zero-order valence-corrected chi connectivity index (χ0v) is 9.08. The van der Waals surface area contributed by atoms with Crippen LogP contribution in [0.1, 0.15) is 0 Å². The van der Waals surface area contributed by atoms with Gasteiger partial charge in [0, 0.05) is 7.05 Å². The summed E-state index contributed by atoms with van der Waals surface area (Å²) in [5.41, 5.74) is -0.907. The third kappa shape index (κ3) is 1.54. The van der Waals surface area contributed by atoms with Gasteiger partial charge < -0.3 is 9.90 Å². The van der Waals surface area contributed by atoms with Crippen molar-refractivity contribution in [1.29, 1.82) is 0 Å². The Labute approximate surface area is 95.3 Å². The first-order valence-corrected chi connectivity index (χ1v) is 4.93. The summed E-state index contributed by atoms with van der Waals surface area (Å²) >= 11 is 0. The molecule has 0 aliphatic rings. The predicted molar refractivity (Wildman–Crippen MR) is 61.2 cm³/mol. The standard InChI is InChI=1S/C11H10N2O4/c1-12-7-3-2-4-8(15)9(7)10(16)13(5-6-14)11(12)17/h2-4,6,15H,5H2,1H3. The maximum Gasteiger partial charge on any atom is 0.331 e. The van der Waals surface area contributed by atoms with Gasteiger partial charge in [0.1, 0.15) is 17.4 Å². The van der Waals surface area contributed by atoms with Gasteiger partial charge in [-0.3, -0.25) is 13.9 Å². The Balaban J connectivity index is 3.07. The molecule has 2 aromatic rings. The van der Waals surface area contributed by atoms with E-state index < -0.39 is 11.2 Å². The van der Waals surface area contributed by atoms with Gasteiger partial charge in [-0.2, -0.15) is 0 Å². The van der Waals surface area contributed by atoms with Gasteiger partial charge in [0.2, 0.25) is 0 Å². The minimum atomic E-state index is -0.659. The molecule has 0 saturated carbocycles. The molecule has 6 heteroatoms. The van der Waals surface area contributed by atoms with E-state index in [2.05, 4.69) is 0 Å². The van der Waals surface area contributed by atoms with Gasteiger partial charge in [-0.25, -0.2) is 4.79 Å². The molecule has 2 rings (SSSR count). The van der Waals surface area contributed by atoms with Crippen LogP contribution >= 0.6 is 0 Å². The number of fused-ring (bicyclic) bond motifs is 1. The summed E-state index contributed by atoms with van der Waals surface area (Å²) in [6.07, 6.45) is 0.467. The monoisotopic (exact) mass is 234 g/mol. The highest BCUT2D eigenvalue weighted by atomic mass is 16.3. The van der Waals surface area contributed by atoms with Crippen LogP contribution in [0, 0.1) is 0 Å². The lowest BCUT2D eigenvalue weighted by Crippen LogP contribution is -2.39. The summed E-state index contributed by atoms with van der Waals surface area (Å²) in [5.74, 6) is -0.206. The first-order valence-electron chi connectivity index (χ1n) is 4.93. The van der Waals surface area contributed by atoms with Crippen molar-refractivity contribution in [3.05, 3.63) is 39.0 Å². The summed E-state index contributed by atoms with van der Waals surface area (Å²) in [6, 6.07) is 4.46. The van der Waals surface area contributed by atoms with Crippen molar-refractivity contribution in [3.63, 3.8) is 0 Å². The number of aromatic nitrogens is 2. The van der Waals surface area contributed by atoms with Crippen LogP contribution in [0.15, 0.2) is 27.8 Å². The lowest BCUT2D eigenvalue weighted by Gasteiger charge is -2.09. The van der Waals surface area contributed by atoms with Crippen LogP contribution in [0.5, 0.6) is 5.75 Å². The van der Waals surface area contributed by atoms with Crippen molar-refractivity contribution in [2.45, 2.75) is 6.54 Å². The average molecular weight is 234 g/mol. The largest absolute Gasteiger partial charge is 0.507 e. The molecule has 6 nitrogen and oxygen atoms in total.